The quantitative estimate of drug-likeness (QED) is 0.381. The number of ether oxygens (including phenoxy) is 1. The van der Waals surface area contributed by atoms with Gasteiger partial charge in [0, 0.05) is 10.2 Å². The second kappa shape index (κ2) is 6.06. The highest BCUT2D eigenvalue weighted by Crippen LogP contribution is 2.30. The van der Waals surface area contributed by atoms with Crippen molar-refractivity contribution in [3.8, 4) is 11.8 Å². The van der Waals surface area contributed by atoms with Gasteiger partial charge < -0.3 is 15.7 Å². The lowest BCUT2D eigenvalue weighted by Gasteiger charge is -2.08. The Labute approximate surface area is 128 Å². The highest BCUT2D eigenvalue weighted by Gasteiger charge is 2.10. The summed E-state index contributed by atoms with van der Waals surface area (Å²) in [5.41, 5.74) is 6.38. The molecule has 1 heterocycles. The van der Waals surface area contributed by atoms with Crippen LogP contribution < -0.4 is 10.5 Å². The molecule has 0 aliphatic rings. The molecule has 6 nitrogen and oxygen atoms in total. The Hall–Kier alpha value is -1.86. The monoisotopic (exact) mass is 356 g/mol. The number of nitrogens with zero attached hydrogens (tertiary/aromatic N) is 3. The number of aromatic nitrogens is 2. The Kier molecular flexibility index (Phi) is 4.41. The van der Waals surface area contributed by atoms with Crippen molar-refractivity contribution in [3.63, 3.8) is 0 Å². The number of rotatable bonds is 3. The molecule has 20 heavy (non-hydrogen) atoms. The van der Waals surface area contributed by atoms with E-state index in [0.29, 0.717) is 16.5 Å². The van der Waals surface area contributed by atoms with Crippen LogP contribution in [0.2, 0.25) is 5.02 Å². The molecule has 8 heteroatoms. The Morgan fingerprint density at radius 3 is 2.80 bits per heavy atom. The third kappa shape index (κ3) is 3.37. The van der Waals surface area contributed by atoms with Crippen LogP contribution in [0.4, 0.5) is 0 Å². The van der Waals surface area contributed by atoms with E-state index in [1.54, 1.807) is 31.2 Å². The van der Waals surface area contributed by atoms with Crippen LogP contribution in [-0.2, 0) is 0 Å². The third-order valence-electron chi connectivity index (χ3n) is 2.30. The van der Waals surface area contributed by atoms with Gasteiger partial charge in [-0.15, -0.1) is 0 Å². The van der Waals surface area contributed by atoms with Crippen LogP contribution in [0.1, 0.15) is 11.4 Å². The van der Waals surface area contributed by atoms with Crippen molar-refractivity contribution in [2.24, 2.45) is 10.9 Å². The van der Waals surface area contributed by atoms with Crippen molar-refractivity contribution < 1.29 is 9.94 Å². The van der Waals surface area contributed by atoms with Gasteiger partial charge in [-0.3, -0.25) is 0 Å². The molecule has 0 amide bonds. The summed E-state index contributed by atoms with van der Waals surface area (Å²) in [7, 11) is 0. The first kappa shape index (κ1) is 14.5. The van der Waals surface area contributed by atoms with Crippen molar-refractivity contribution in [1.29, 1.82) is 0 Å². The van der Waals surface area contributed by atoms with Crippen LogP contribution in [0.3, 0.4) is 0 Å². The van der Waals surface area contributed by atoms with Gasteiger partial charge in [-0.2, -0.15) is 4.98 Å². The summed E-state index contributed by atoms with van der Waals surface area (Å²) in [4.78, 5) is 8.16. The second-order valence-electron chi connectivity index (χ2n) is 3.84. The number of halogens is 2. The molecule has 1 aromatic carbocycles. The summed E-state index contributed by atoms with van der Waals surface area (Å²) in [5, 5.41) is 12.0. The minimum absolute atomic E-state index is 0.0656. The maximum Gasteiger partial charge on any atom is 0.322 e. The molecule has 0 saturated heterocycles. The number of oxime groups is 1. The van der Waals surface area contributed by atoms with E-state index in [0.717, 1.165) is 4.47 Å². The van der Waals surface area contributed by atoms with Crippen LogP contribution in [-0.4, -0.2) is 21.0 Å². The molecule has 0 fully saturated rings. The van der Waals surface area contributed by atoms with E-state index >= 15 is 0 Å². The minimum Gasteiger partial charge on any atom is -0.423 e. The van der Waals surface area contributed by atoms with Gasteiger partial charge in [-0.05, 0) is 31.2 Å². The summed E-state index contributed by atoms with van der Waals surface area (Å²) in [5.74, 6) is 0.285. The van der Waals surface area contributed by atoms with Crippen LogP contribution >= 0.6 is 27.5 Å². The first-order valence-corrected chi connectivity index (χ1v) is 6.63. The smallest absolute Gasteiger partial charge is 0.322 e. The third-order valence-corrected chi connectivity index (χ3v) is 3.09. The molecule has 0 radical (unpaired) electrons. The van der Waals surface area contributed by atoms with Gasteiger partial charge in [0.25, 0.3) is 0 Å². The van der Waals surface area contributed by atoms with Gasteiger partial charge in [-0.1, -0.05) is 32.7 Å². The number of amidine groups is 1. The number of nitrogens with two attached hydrogens (primary N) is 1. The van der Waals surface area contributed by atoms with Crippen molar-refractivity contribution in [1.82, 2.24) is 9.97 Å². The van der Waals surface area contributed by atoms with Crippen molar-refractivity contribution in [2.45, 2.75) is 6.92 Å². The summed E-state index contributed by atoms with van der Waals surface area (Å²) < 4.78 is 6.34. The topological polar surface area (TPSA) is 93.6 Å². The fourth-order valence-corrected chi connectivity index (χ4v) is 2.14. The van der Waals surface area contributed by atoms with E-state index in [4.69, 9.17) is 27.3 Å². The zero-order valence-corrected chi connectivity index (χ0v) is 12.7. The molecular formula is C12H10BrClN4O2. The fraction of sp³-hybridized carbons (Fsp3) is 0.0833. The summed E-state index contributed by atoms with van der Waals surface area (Å²) in [6, 6.07) is 6.79. The summed E-state index contributed by atoms with van der Waals surface area (Å²) in [6.07, 6.45) is 0. The van der Waals surface area contributed by atoms with Gasteiger partial charge in [0.15, 0.2) is 5.84 Å². The maximum atomic E-state index is 8.67. The standard InChI is InChI=1S/C12H10BrClN4O2/c1-6-4-9(11(15)18-19)17-12(16-6)20-10-3-2-7(13)5-8(10)14/h2-5,19H,1H3,(H2,15,18). The van der Waals surface area contributed by atoms with E-state index in [1.807, 2.05) is 0 Å². The maximum absolute atomic E-state index is 8.67. The lowest BCUT2D eigenvalue weighted by atomic mass is 10.3. The van der Waals surface area contributed by atoms with Crippen molar-refractivity contribution in [2.75, 3.05) is 0 Å². The molecule has 3 N–H and O–H groups in total. The number of aryl methyl sites for hydroxylation is 1. The molecule has 104 valence electrons. The first-order valence-electron chi connectivity index (χ1n) is 5.46. The average molecular weight is 358 g/mol. The highest BCUT2D eigenvalue weighted by molar-refractivity contribution is 9.10. The Bertz CT molecular complexity index is 679. The Morgan fingerprint density at radius 2 is 2.15 bits per heavy atom. The Morgan fingerprint density at radius 1 is 1.40 bits per heavy atom. The molecule has 1 aromatic heterocycles. The van der Waals surface area contributed by atoms with Crippen LogP contribution in [0.25, 0.3) is 0 Å². The second-order valence-corrected chi connectivity index (χ2v) is 5.16. The van der Waals surface area contributed by atoms with Gasteiger partial charge in [0.1, 0.15) is 11.4 Å². The molecule has 0 unspecified atom stereocenters. The van der Waals surface area contributed by atoms with Crippen LogP contribution in [0, 0.1) is 6.92 Å². The molecule has 0 atom stereocenters. The van der Waals surface area contributed by atoms with Gasteiger partial charge in [0.2, 0.25) is 0 Å². The lowest BCUT2D eigenvalue weighted by Crippen LogP contribution is -2.16. The van der Waals surface area contributed by atoms with E-state index in [1.165, 1.54) is 0 Å². The molecular weight excluding hydrogens is 348 g/mol. The predicted octanol–water partition coefficient (Wildman–Crippen LogP) is 3.09. The van der Waals surface area contributed by atoms with E-state index in [-0.39, 0.29) is 17.5 Å². The zero-order chi connectivity index (χ0) is 14.7. The summed E-state index contributed by atoms with van der Waals surface area (Å²) >= 11 is 9.35. The SMILES string of the molecule is Cc1cc(/C(N)=N/O)nc(Oc2ccc(Br)cc2Cl)n1. The molecule has 0 spiro atoms. The normalized spacial score (nSPS) is 11.4. The largest absolute Gasteiger partial charge is 0.423 e. The molecule has 0 saturated carbocycles. The fourth-order valence-electron chi connectivity index (χ4n) is 1.43. The molecule has 0 aliphatic carbocycles. The van der Waals surface area contributed by atoms with Gasteiger partial charge in [0.05, 0.1) is 5.02 Å². The minimum atomic E-state index is -0.123. The van der Waals surface area contributed by atoms with E-state index < -0.39 is 0 Å². The molecule has 2 rings (SSSR count). The first-order chi connectivity index (χ1) is 9.49. The van der Waals surface area contributed by atoms with E-state index in [2.05, 4.69) is 31.1 Å². The molecule has 0 aliphatic heterocycles. The Balaban J connectivity index is 2.36. The number of benzene rings is 1. The van der Waals surface area contributed by atoms with Gasteiger partial charge in [-0.25, -0.2) is 4.98 Å². The highest BCUT2D eigenvalue weighted by atomic mass is 79.9. The number of hydrogen-bond acceptors (Lipinski definition) is 5. The lowest BCUT2D eigenvalue weighted by molar-refractivity contribution is 0.318. The average Bonchev–Trinajstić information content (AvgIpc) is 2.40. The predicted molar refractivity (Wildman–Crippen MR) is 78.5 cm³/mol. The van der Waals surface area contributed by atoms with Crippen molar-refractivity contribution >= 4 is 33.4 Å². The number of hydrogen-bond donors (Lipinski definition) is 2. The summed E-state index contributed by atoms with van der Waals surface area (Å²) in [6.45, 7) is 1.74. The molecule has 2 aromatic rings. The van der Waals surface area contributed by atoms with E-state index in [9.17, 15) is 0 Å². The van der Waals surface area contributed by atoms with Crippen molar-refractivity contribution in [3.05, 3.63) is 45.1 Å². The molecule has 0 bridgehead atoms. The van der Waals surface area contributed by atoms with Crippen LogP contribution in [0.15, 0.2) is 33.9 Å². The van der Waals surface area contributed by atoms with Crippen LogP contribution in [0.5, 0.6) is 11.8 Å². The zero-order valence-electron chi connectivity index (χ0n) is 10.3. The van der Waals surface area contributed by atoms with Gasteiger partial charge >= 0.3 is 6.01 Å².